The highest BCUT2D eigenvalue weighted by atomic mass is 32.2. The average molecular weight is 187 g/mol. The maximum absolute atomic E-state index is 10.8. The van der Waals surface area contributed by atoms with E-state index >= 15 is 0 Å². The molecular formula is C7H9NO3S. The molecule has 0 fully saturated rings. The van der Waals surface area contributed by atoms with Gasteiger partial charge in [0, 0.05) is 0 Å². The van der Waals surface area contributed by atoms with E-state index in [4.69, 9.17) is 10.2 Å². The van der Waals surface area contributed by atoms with E-state index in [2.05, 4.69) is 0 Å². The summed E-state index contributed by atoms with van der Waals surface area (Å²) in [6, 6.07) is 3.96. The summed E-state index contributed by atoms with van der Waals surface area (Å²) in [5.41, 5.74) is 0.652. The number of phenols is 1. The predicted octanol–water partition coefficient (Wildman–Crippen LogP) is 0.348. The van der Waals surface area contributed by atoms with Crippen molar-refractivity contribution in [1.29, 1.82) is 0 Å². The van der Waals surface area contributed by atoms with E-state index in [9.17, 15) is 8.42 Å². The van der Waals surface area contributed by atoms with Crippen LogP contribution in [0.15, 0.2) is 23.1 Å². The van der Waals surface area contributed by atoms with Gasteiger partial charge in [-0.05, 0) is 30.7 Å². The number of sulfonamides is 1. The zero-order valence-electron chi connectivity index (χ0n) is 6.48. The lowest BCUT2D eigenvalue weighted by atomic mass is 10.2. The first-order chi connectivity index (χ1) is 5.39. The highest BCUT2D eigenvalue weighted by Crippen LogP contribution is 2.17. The minimum atomic E-state index is -3.71. The second-order valence-electron chi connectivity index (χ2n) is 2.55. The monoisotopic (exact) mass is 187 g/mol. The molecule has 3 N–H and O–H groups in total. The van der Waals surface area contributed by atoms with Crippen LogP contribution in [0, 0.1) is 6.92 Å². The summed E-state index contributed by atoms with van der Waals surface area (Å²) in [5.74, 6) is -0.0981. The molecule has 0 aliphatic rings. The van der Waals surface area contributed by atoms with Gasteiger partial charge in [0.05, 0.1) is 4.90 Å². The highest BCUT2D eigenvalue weighted by Gasteiger charge is 2.08. The highest BCUT2D eigenvalue weighted by molar-refractivity contribution is 7.89. The third-order valence-electron chi connectivity index (χ3n) is 1.36. The lowest BCUT2D eigenvalue weighted by Crippen LogP contribution is -2.12. The van der Waals surface area contributed by atoms with Crippen LogP contribution in [-0.2, 0) is 10.0 Å². The molecular weight excluding hydrogens is 178 g/mol. The predicted molar refractivity (Wildman–Crippen MR) is 44.2 cm³/mol. The van der Waals surface area contributed by atoms with E-state index in [1.54, 1.807) is 6.92 Å². The molecule has 1 aromatic rings. The second-order valence-corrected chi connectivity index (χ2v) is 4.11. The van der Waals surface area contributed by atoms with Gasteiger partial charge in [0.15, 0.2) is 0 Å². The fourth-order valence-electron chi connectivity index (χ4n) is 0.893. The third kappa shape index (κ3) is 1.96. The fourth-order valence-corrected chi connectivity index (χ4v) is 1.53. The van der Waals surface area contributed by atoms with Gasteiger partial charge in [-0.3, -0.25) is 0 Å². The summed E-state index contributed by atoms with van der Waals surface area (Å²) in [5, 5.41) is 13.9. The standard InChI is InChI=1S/C7H9NO3S/c1-5-2-6(9)4-7(3-5)12(8,10)11/h2-4,9H,1H3,(H2,8,10,11). The first-order valence-corrected chi connectivity index (χ1v) is 4.78. The van der Waals surface area contributed by atoms with Crippen molar-refractivity contribution in [3.63, 3.8) is 0 Å². The minimum Gasteiger partial charge on any atom is -0.508 e. The Morgan fingerprint density at radius 2 is 1.92 bits per heavy atom. The summed E-state index contributed by atoms with van der Waals surface area (Å²) < 4.78 is 21.6. The molecule has 12 heavy (non-hydrogen) atoms. The lowest BCUT2D eigenvalue weighted by molar-refractivity contribution is 0.472. The molecule has 0 aromatic heterocycles. The van der Waals surface area contributed by atoms with E-state index in [-0.39, 0.29) is 10.6 Å². The van der Waals surface area contributed by atoms with Crippen LogP contribution in [0.4, 0.5) is 0 Å². The van der Waals surface area contributed by atoms with Crippen LogP contribution >= 0.6 is 0 Å². The molecule has 0 atom stereocenters. The molecule has 0 saturated heterocycles. The van der Waals surface area contributed by atoms with Gasteiger partial charge < -0.3 is 5.11 Å². The van der Waals surface area contributed by atoms with E-state index in [0.717, 1.165) is 6.07 Å². The Morgan fingerprint density at radius 3 is 2.33 bits per heavy atom. The zero-order valence-corrected chi connectivity index (χ0v) is 7.30. The Bertz CT molecular complexity index is 377. The maximum atomic E-state index is 10.8. The summed E-state index contributed by atoms with van der Waals surface area (Å²) in [7, 11) is -3.71. The van der Waals surface area contributed by atoms with E-state index in [1.807, 2.05) is 0 Å². The molecule has 0 heterocycles. The van der Waals surface area contributed by atoms with Crippen molar-refractivity contribution < 1.29 is 13.5 Å². The SMILES string of the molecule is Cc1cc(O)cc(S(N)(=O)=O)c1. The van der Waals surface area contributed by atoms with Crippen molar-refractivity contribution in [2.45, 2.75) is 11.8 Å². The molecule has 1 aromatic carbocycles. The number of nitrogens with two attached hydrogens (primary N) is 1. The number of primary sulfonamides is 1. The van der Waals surface area contributed by atoms with Crippen molar-refractivity contribution in [3.8, 4) is 5.75 Å². The van der Waals surface area contributed by atoms with E-state index in [1.165, 1.54) is 12.1 Å². The topological polar surface area (TPSA) is 80.4 Å². The van der Waals surface area contributed by atoms with Gasteiger partial charge in [0.1, 0.15) is 5.75 Å². The average Bonchev–Trinajstić information content (AvgIpc) is 1.82. The Balaban J connectivity index is 3.37. The van der Waals surface area contributed by atoms with Gasteiger partial charge >= 0.3 is 0 Å². The van der Waals surface area contributed by atoms with Gasteiger partial charge in [0.25, 0.3) is 0 Å². The third-order valence-corrected chi connectivity index (χ3v) is 2.26. The molecule has 4 nitrogen and oxygen atoms in total. The van der Waals surface area contributed by atoms with Gasteiger partial charge in [0.2, 0.25) is 10.0 Å². The van der Waals surface area contributed by atoms with Crippen LogP contribution in [0.25, 0.3) is 0 Å². The van der Waals surface area contributed by atoms with Crippen LogP contribution in [0.5, 0.6) is 5.75 Å². The molecule has 0 amide bonds. The number of aromatic hydroxyl groups is 1. The van der Waals surface area contributed by atoms with Crippen molar-refractivity contribution in [1.82, 2.24) is 0 Å². The van der Waals surface area contributed by atoms with Crippen molar-refractivity contribution >= 4 is 10.0 Å². The van der Waals surface area contributed by atoms with Crippen molar-refractivity contribution in [3.05, 3.63) is 23.8 Å². The molecule has 1 rings (SSSR count). The van der Waals surface area contributed by atoms with Crippen LogP contribution in [0.2, 0.25) is 0 Å². The van der Waals surface area contributed by atoms with E-state index < -0.39 is 10.0 Å². The summed E-state index contributed by atoms with van der Waals surface area (Å²) in [6.07, 6.45) is 0. The Labute approximate surface area is 70.7 Å². The van der Waals surface area contributed by atoms with Crippen molar-refractivity contribution in [2.75, 3.05) is 0 Å². The normalized spacial score (nSPS) is 11.5. The number of rotatable bonds is 1. The summed E-state index contributed by atoms with van der Waals surface area (Å²) in [4.78, 5) is -0.0694. The number of hydrogen-bond acceptors (Lipinski definition) is 3. The smallest absolute Gasteiger partial charge is 0.238 e. The fraction of sp³-hybridized carbons (Fsp3) is 0.143. The van der Waals surface area contributed by atoms with E-state index in [0.29, 0.717) is 5.56 Å². The van der Waals surface area contributed by atoms with Gasteiger partial charge in [-0.15, -0.1) is 0 Å². The van der Waals surface area contributed by atoms with Gasteiger partial charge in [-0.25, -0.2) is 13.6 Å². The molecule has 0 radical (unpaired) electrons. The Hall–Kier alpha value is -1.07. The summed E-state index contributed by atoms with van der Waals surface area (Å²) in [6.45, 7) is 1.67. The molecule has 0 spiro atoms. The lowest BCUT2D eigenvalue weighted by Gasteiger charge is -2.00. The number of aryl methyl sites for hydroxylation is 1. The summed E-state index contributed by atoms with van der Waals surface area (Å²) >= 11 is 0. The first kappa shape index (κ1) is 9.02. The van der Waals surface area contributed by atoms with Crippen LogP contribution in [0.3, 0.4) is 0 Å². The quantitative estimate of drug-likeness (QED) is 0.665. The molecule has 66 valence electrons. The molecule has 5 heteroatoms. The molecule has 0 saturated carbocycles. The second kappa shape index (κ2) is 2.76. The molecule has 0 aliphatic heterocycles. The van der Waals surface area contributed by atoms with Crippen LogP contribution < -0.4 is 5.14 Å². The number of phenolic OH excluding ortho intramolecular Hbond substituents is 1. The molecule has 0 aliphatic carbocycles. The Morgan fingerprint density at radius 1 is 1.33 bits per heavy atom. The molecule has 0 bridgehead atoms. The van der Waals surface area contributed by atoms with Crippen molar-refractivity contribution in [2.24, 2.45) is 5.14 Å². The first-order valence-electron chi connectivity index (χ1n) is 3.23. The maximum Gasteiger partial charge on any atom is 0.238 e. The number of hydrogen-bond donors (Lipinski definition) is 2. The van der Waals surface area contributed by atoms with Crippen LogP contribution in [0.1, 0.15) is 5.56 Å². The molecule has 0 unspecified atom stereocenters. The zero-order chi connectivity index (χ0) is 9.35. The minimum absolute atomic E-state index is 0.0694. The van der Waals surface area contributed by atoms with Gasteiger partial charge in [-0.2, -0.15) is 0 Å². The largest absolute Gasteiger partial charge is 0.508 e. The van der Waals surface area contributed by atoms with Crippen LogP contribution in [-0.4, -0.2) is 13.5 Å². The van der Waals surface area contributed by atoms with Gasteiger partial charge in [-0.1, -0.05) is 0 Å². The number of benzene rings is 1. The Kier molecular flexibility index (Phi) is 2.08.